The molecule has 5 heteroatoms. The van der Waals surface area contributed by atoms with E-state index in [4.69, 9.17) is 14.2 Å². The van der Waals surface area contributed by atoms with E-state index >= 15 is 0 Å². The van der Waals surface area contributed by atoms with Gasteiger partial charge >= 0.3 is 0 Å². The maximum Gasteiger partial charge on any atom is 0.147 e. The molecule has 1 unspecified atom stereocenters. The molecule has 2 rings (SSSR count). The average molecular weight is 241 g/mol. The highest BCUT2D eigenvalue weighted by molar-refractivity contribution is 5.56. The van der Waals surface area contributed by atoms with Gasteiger partial charge in [0.25, 0.3) is 0 Å². The molecule has 94 valence electrons. The molecule has 1 aromatic carbocycles. The number of hydrogen-bond acceptors (Lipinski definition) is 4. The molecule has 1 heterocycles. The van der Waals surface area contributed by atoms with Crippen LogP contribution >= 0.6 is 0 Å². The average Bonchev–Trinajstić information content (AvgIpc) is 2.38. The highest BCUT2D eigenvalue weighted by Crippen LogP contribution is 2.25. The lowest BCUT2D eigenvalue weighted by Gasteiger charge is -2.23. The molecule has 1 N–H and O–H groups in total. The van der Waals surface area contributed by atoms with Crippen molar-refractivity contribution in [2.45, 2.75) is 12.5 Å². The van der Waals surface area contributed by atoms with Gasteiger partial charge in [-0.3, -0.25) is 0 Å². The first kappa shape index (κ1) is 12.1. The van der Waals surface area contributed by atoms with Crippen molar-refractivity contribution in [2.24, 2.45) is 0 Å². The fourth-order valence-electron chi connectivity index (χ4n) is 1.70. The van der Waals surface area contributed by atoms with Crippen LogP contribution in [0.15, 0.2) is 18.2 Å². The van der Waals surface area contributed by atoms with Crippen molar-refractivity contribution in [3.05, 3.63) is 24.0 Å². The normalized spacial score (nSPS) is 20.0. The van der Waals surface area contributed by atoms with Crippen LogP contribution in [0.25, 0.3) is 0 Å². The second-order valence-electron chi connectivity index (χ2n) is 3.83. The highest BCUT2D eigenvalue weighted by Gasteiger charge is 2.14. The topological polar surface area (TPSA) is 39.7 Å². The van der Waals surface area contributed by atoms with E-state index < -0.39 is 0 Å². The molecular weight excluding hydrogens is 225 g/mol. The summed E-state index contributed by atoms with van der Waals surface area (Å²) >= 11 is 0. The fraction of sp³-hybridized carbons (Fsp3) is 0.500. The number of nitrogens with one attached hydrogen (secondary N) is 1. The number of anilines is 1. The summed E-state index contributed by atoms with van der Waals surface area (Å²) in [7, 11) is 1.52. The van der Waals surface area contributed by atoms with E-state index in [9.17, 15) is 4.39 Å². The number of halogens is 1. The van der Waals surface area contributed by atoms with E-state index in [1.54, 1.807) is 6.07 Å². The summed E-state index contributed by atoms with van der Waals surface area (Å²) < 4.78 is 28.6. The van der Waals surface area contributed by atoms with Gasteiger partial charge in [-0.05, 0) is 18.6 Å². The van der Waals surface area contributed by atoms with E-state index in [1.807, 2.05) is 0 Å². The van der Waals surface area contributed by atoms with Crippen LogP contribution in [0.3, 0.4) is 0 Å². The summed E-state index contributed by atoms with van der Waals surface area (Å²) in [5.41, 5.74) is 0.768. The Bertz CT molecular complexity index is 367. The second-order valence-corrected chi connectivity index (χ2v) is 3.83. The van der Waals surface area contributed by atoms with Gasteiger partial charge in [0, 0.05) is 12.6 Å². The first-order valence-corrected chi connectivity index (χ1v) is 5.56. The van der Waals surface area contributed by atoms with Gasteiger partial charge in [-0.15, -0.1) is 0 Å². The molecule has 0 aliphatic carbocycles. The third-order valence-electron chi connectivity index (χ3n) is 2.65. The summed E-state index contributed by atoms with van der Waals surface area (Å²) in [6, 6.07) is 4.41. The van der Waals surface area contributed by atoms with Crippen LogP contribution < -0.4 is 10.1 Å². The number of ether oxygens (including phenoxy) is 3. The maximum absolute atomic E-state index is 13.0. The number of benzene rings is 1. The second kappa shape index (κ2) is 5.84. The molecule has 1 atom stereocenters. The van der Waals surface area contributed by atoms with Crippen molar-refractivity contribution < 1.29 is 18.6 Å². The van der Waals surface area contributed by atoms with E-state index in [0.29, 0.717) is 25.7 Å². The van der Waals surface area contributed by atoms with Gasteiger partial charge in [0.1, 0.15) is 18.4 Å². The molecule has 0 aromatic heterocycles. The van der Waals surface area contributed by atoms with Crippen LogP contribution in [0.2, 0.25) is 0 Å². The molecule has 0 bridgehead atoms. The molecule has 0 spiro atoms. The third-order valence-corrected chi connectivity index (χ3v) is 2.65. The number of hydrogen-bond donors (Lipinski definition) is 1. The summed E-state index contributed by atoms with van der Waals surface area (Å²) in [5, 5.41) is 3.19. The molecular formula is C12H16FNO3. The van der Waals surface area contributed by atoms with E-state index in [1.165, 1.54) is 19.2 Å². The number of rotatable bonds is 4. The van der Waals surface area contributed by atoms with Crippen molar-refractivity contribution in [2.75, 3.05) is 32.4 Å². The van der Waals surface area contributed by atoms with Crippen LogP contribution in [0, 0.1) is 5.82 Å². The van der Waals surface area contributed by atoms with Crippen LogP contribution in [0.5, 0.6) is 5.75 Å². The SMILES string of the molecule is COc1cc(F)ccc1NCC1CCOCO1. The Kier molecular flexibility index (Phi) is 4.17. The zero-order chi connectivity index (χ0) is 12.1. The molecule has 1 aromatic rings. The van der Waals surface area contributed by atoms with Gasteiger partial charge in [0.15, 0.2) is 0 Å². The fourth-order valence-corrected chi connectivity index (χ4v) is 1.70. The van der Waals surface area contributed by atoms with Crippen LogP contribution in [-0.4, -0.2) is 33.2 Å². The molecule has 1 fully saturated rings. The summed E-state index contributed by atoms with van der Waals surface area (Å²) in [6.07, 6.45) is 0.981. The summed E-state index contributed by atoms with van der Waals surface area (Å²) in [6.45, 7) is 1.71. The first-order valence-electron chi connectivity index (χ1n) is 5.56. The lowest BCUT2D eigenvalue weighted by Crippen LogP contribution is -2.30. The largest absolute Gasteiger partial charge is 0.494 e. The standard InChI is InChI=1S/C12H16FNO3/c1-15-12-6-9(13)2-3-11(12)14-7-10-4-5-16-8-17-10/h2-3,6,10,14H,4-5,7-8H2,1H3. The van der Waals surface area contributed by atoms with Gasteiger partial charge in [-0.25, -0.2) is 4.39 Å². The van der Waals surface area contributed by atoms with Gasteiger partial charge in [-0.2, -0.15) is 0 Å². The van der Waals surface area contributed by atoms with Gasteiger partial charge in [0.05, 0.1) is 25.5 Å². The number of methoxy groups -OCH3 is 1. The lowest BCUT2D eigenvalue weighted by atomic mass is 10.2. The minimum atomic E-state index is -0.310. The van der Waals surface area contributed by atoms with Crippen LogP contribution in [0.4, 0.5) is 10.1 Å². The van der Waals surface area contributed by atoms with E-state index in [-0.39, 0.29) is 11.9 Å². The van der Waals surface area contributed by atoms with Crippen molar-refractivity contribution >= 4 is 5.69 Å². The summed E-state index contributed by atoms with van der Waals surface area (Å²) in [5.74, 6) is 0.187. The molecule has 1 aliphatic rings. The van der Waals surface area contributed by atoms with Gasteiger partial charge in [-0.1, -0.05) is 0 Å². The quantitative estimate of drug-likeness (QED) is 0.875. The van der Waals surface area contributed by atoms with E-state index in [0.717, 1.165) is 12.1 Å². The summed E-state index contributed by atoms with van der Waals surface area (Å²) in [4.78, 5) is 0. The Balaban J connectivity index is 1.93. The van der Waals surface area contributed by atoms with Gasteiger partial charge < -0.3 is 19.5 Å². The first-order chi connectivity index (χ1) is 8.29. The van der Waals surface area contributed by atoms with Crippen molar-refractivity contribution in [1.82, 2.24) is 0 Å². The zero-order valence-corrected chi connectivity index (χ0v) is 9.74. The lowest BCUT2D eigenvalue weighted by molar-refractivity contribution is -0.133. The van der Waals surface area contributed by atoms with Crippen LogP contribution in [-0.2, 0) is 9.47 Å². The van der Waals surface area contributed by atoms with E-state index in [2.05, 4.69) is 5.32 Å². The molecule has 0 saturated carbocycles. The Hall–Kier alpha value is -1.33. The van der Waals surface area contributed by atoms with Crippen molar-refractivity contribution in [3.8, 4) is 5.75 Å². The molecule has 4 nitrogen and oxygen atoms in total. The Labute approximate surface area is 99.7 Å². The maximum atomic E-state index is 13.0. The smallest absolute Gasteiger partial charge is 0.147 e. The molecule has 0 amide bonds. The minimum Gasteiger partial charge on any atom is -0.494 e. The Morgan fingerprint density at radius 2 is 2.41 bits per heavy atom. The Morgan fingerprint density at radius 1 is 1.53 bits per heavy atom. The molecule has 1 saturated heterocycles. The van der Waals surface area contributed by atoms with Crippen LogP contribution in [0.1, 0.15) is 6.42 Å². The molecule has 1 aliphatic heterocycles. The van der Waals surface area contributed by atoms with Crippen molar-refractivity contribution in [3.63, 3.8) is 0 Å². The highest BCUT2D eigenvalue weighted by atomic mass is 19.1. The monoisotopic (exact) mass is 241 g/mol. The predicted molar refractivity (Wildman–Crippen MR) is 61.8 cm³/mol. The molecule has 17 heavy (non-hydrogen) atoms. The third kappa shape index (κ3) is 3.31. The minimum absolute atomic E-state index is 0.124. The predicted octanol–water partition coefficient (Wildman–Crippen LogP) is 2.01. The van der Waals surface area contributed by atoms with Gasteiger partial charge in [0.2, 0.25) is 0 Å². The molecule has 0 radical (unpaired) electrons. The Morgan fingerprint density at radius 3 is 3.12 bits per heavy atom. The zero-order valence-electron chi connectivity index (χ0n) is 9.74. The van der Waals surface area contributed by atoms with Crippen molar-refractivity contribution in [1.29, 1.82) is 0 Å².